The maximum absolute atomic E-state index is 12.3. The molecule has 104 valence electrons. The number of nitrogens with zero attached hydrogens (tertiary/aromatic N) is 1. The molecule has 0 spiro atoms. The number of carbonyl (C=O) groups excluding carboxylic acids is 1. The topological polar surface area (TPSA) is 38.8 Å². The largest absolute Gasteiger partial charge is 0.496 e. The summed E-state index contributed by atoms with van der Waals surface area (Å²) in [5.74, 6) is 0.765. The predicted molar refractivity (Wildman–Crippen MR) is 73.9 cm³/mol. The average molecular weight is 263 g/mol. The lowest BCUT2D eigenvalue weighted by Crippen LogP contribution is -2.29. The fourth-order valence-corrected chi connectivity index (χ4v) is 2.45. The van der Waals surface area contributed by atoms with Crippen molar-refractivity contribution in [2.24, 2.45) is 0 Å². The molecule has 0 radical (unpaired) electrons. The fourth-order valence-electron chi connectivity index (χ4n) is 2.45. The monoisotopic (exact) mass is 263 g/mol. The summed E-state index contributed by atoms with van der Waals surface area (Å²) in [7, 11) is 3.32. The summed E-state index contributed by atoms with van der Waals surface area (Å²) < 4.78 is 10.6. The first-order chi connectivity index (χ1) is 9.13. The van der Waals surface area contributed by atoms with Crippen molar-refractivity contribution in [3.63, 3.8) is 0 Å². The van der Waals surface area contributed by atoms with Crippen LogP contribution in [0.2, 0.25) is 0 Å². The molecular weight excluding hydrogens is 242 g/mol. The summed E-state index contributed by atoms with van der Waals surface area (Å²) in [4.78, 5) is 14.5. The minimum absolute atomic E-state index is 0.105. The molecule has 19 heavy (non-hydrogen) atoms. The molecule has 1 aliphatic heterocycles. The van der Waals surface area contributed by atoms with E-state index in [2.05, 4.69) is 4.90 Å². The second kappa shape index (κ2) is 6.17. The fraction of sp³-hybridized carbons (Fsp3) is 0.533. The van der Waals surface area contributed by atoms with Crippen LogP contribution in [0.4, 0.5) is 0 Å². The Morgan fingerprint density at radius 2 is 2.21 bits per heavy atom. The predicted octanol–water partition coefficient (Wildman–Crippen LogP) is 1.91. The summed E-state index contributed by atoms with van der Waals surface area (Å²) in [6.07, 6.45) is 1.25. The van der Waals surface area contributed by atoms with Crippen LogP contribution in [-0.4, -0.2) is 50.6 Å². The summed E-state index contributed by atoms with van der Waals surface area (Å²) in [5, 5.41) is 0. The Balaban J connectivity index is 2.04. The Hall–Kier alpha value is -1.39. The number of benzene rings is 1. The number of methoxy groups -OCH3 is 2. The van der Waals surface area contributed by atoms with Crippen LogP contribution in [-0.2, 0) is 4.74 Å². The van der Waals surface area contributed by atoms with Gasteiger partial charge in [-0.05, 0) is 31.0 Å². The molecular formula is C15H21NO3. The first-order valence-electron chi connectivity index (χ1n) is 6.57. The highest BCUT2D eigenvalue weighted by Crippen LogP contribution is 2.21. The van der Waals surface area contributed by atoms with Gasteiger partial charge in [-0.25, -0.2) is 0 Å². The number of hydrogen-bond donors (Lipinski definition) is 0. The molecule has 0 N–H and O–H groups in total. The van der Waals surface area contributed by atoms with Crippen LogP contribution >= 0.6 is 0 Å². The van der Waals surface area contributed by atoms with Gasteiger partial charge in [0, 0.05) is 20.2 Å². The minimum atomic E-state index is 0.105. The molecule has 0 aliphatic carbocycles. The molecule has 0 saturated carbocycles. The smallest absolute Gasteiger partial charge is 0.180 e. The highest BCUT2D eigenvalue weighted by Gasteiger charge is 2.24. The van der Waals surface area contributed by atoms with Crippen LogP contribution in [0.15, 0.2) is 18.2 Å². The molecule has 4 heteroatoms. The van der Waals surface area contributed by atoms with Gasteiger partial charge in [-0.3, -0.25) is 9.69 Å². The number of Topliss-reactive ketones (excluding diaryl/α,β-unsaturated/α-hetero) is 1. The van der Waals surface area contributed by atoms with Crippen molar-refractivity contribution in [1.29, 1.82) is 0 Å². The number of carbonyl (C=O) groups is 1. The normalized spacial score (nSPS) is 19.6. The zero-order chi connectivity index (χ0) is 13.8. The van der Waals surface area contributed by atoms with Gasteiger partial charge >= 0.3 is 0 Å². The zero-order valence-electron chi connectivity index (χ0n) is 11.8. The molecule has 1 fully saturated rings. The average Bonchev–Trinajstić information content (AvgIpc) is 2.86. The molecule has 1 unspecified atom stereocenters. The molecule has 0 amide bonds. The lowest BCUT2D eigenvalue weighted by atomic mass is 10.1. The van der Waals surface area contributed by atoms with Crippen molar-refractivity contribution in [2.45, 2.75) is 19.4 Å². The van der Waals surface area contributed by atoms with Gasteiger partial charge in [-0.2, -0.15) is 0 Å². The van der Waals surface area contributed by atoms with Crippen LogP contribution < -0.4 is 4.74 Å². The molecule has 1 aliphatic rings. The summed E-state index contributed by atoms with van der Waals surface area (Å²) in [6, 6.07) is 5.69. The number of likely N-dealkylation sites (tertiary alicyclic amines) is 1. The molecule has 0 bridgehead atoms. The number of hydrogen-bond acceptors (Lipinski definition) is 4. The van der Waals surface area contributed by atoms with E-state index in [1.54, 1.807) is 14.2 Å². The van der Waals surface area contributed by atoms with Gasteiger partial charge in [0.25, 0.3) is 0 Å². The third-order valence-electron chi connectivity index (χ3n) is 3.59. The molecule has 1 heterocycles. The van der Waals surface area contributed by atoms with Gasteiger partial charge in [-0.1, -0.05) is 6.07 Å². The number of aryl methyl sites for hydroxylation is 1. The van der Waals surface area contributed by atoms with Gasteiger partial charge in [0.15, 0.2) is 5.78 Å². The maximum atomic E-state index is 12.3. The third kappa shape index (κ3) is 3.33. The van der Waals surface area contributed by atoms with Crippen molar-refractivity contribution in [2.75, 3.05) is 33.9 Å². The quantitative estimate of drug-likeness (QED) is 0.761. The van der Waals surface area contributed by atoms with E-state index >= 15 is 0 Å². The van der Waals surface area contributed by atoms with Crippen molar-refractivity contribution in [3.05, 3.63) is 29.3 Å². The first-order valence-corrected chi connectivity index (χ1v) is 6.57. The summed E-state index contributed by atoms with van der Waals surface area (Å²) in [5.41, 5.74) is 1.75. The molecule has 1 atom stereocenters. The molecule has 1 aromatic rings. The van der Waals surface area contributed by atoms with Gasteiger partial charge in [0.1, 0.15) is 5.75 Å². The number of ketones is 1. The second-order valence-corrected chi connectivity index (χ2v) is 5.01. The van der Waals surface area contributed by atoms with E-state index in [0.29, 0.717) is 17.9 Å². The third-order valence-corrected chi connectivity index (χ3v) is 3.59. The van der Waals surface area contributed by atoms with E-state index in [1.165, 1.54) is 0 Å². The minimum Gasteiger partial charge on any atom is -0.496 e. The van der Waals surface area contributed by atoms with Gasteiger partial charge in [0.2, 0.25) is 0 Å². The Bertz CT molecular complexity index is 459. The summed E-state index contributed by atoms with van der Waals surface area (Å²) in [6.45, 7) is 4.16. The van der Waals surface area contributed by atoms with Gasteiger partial charge in [-0.15, -0.1) is 0 Å². The van der Waals surface area contributed by atoms with Crippen LogP contribution in [0.1, 0.15) is 22.3 Å². The summed E-state index contributed by atoms with van der Waals surface area (Å²) >= 11 is 0. The Kier molecular flexibility index (Phi) is 4.56. The van der Waals surface area contributed by atoms with Crippen LogP contribution in [0.25, 0.3) is 0 Å². The van der Waals surface area contributed by atoms with E-state index in [-0.39, 0.29) is 11.9 Å². The molecule has 4 nitrogen and oxygen atoms in total. The number of ether oxygens (including phenoxy) is 2. The van der Waals surface area contributed by atoms with E-state index < -0.39 is 0 Å². The molecule has 2 rings (SSSR count). The second-order valence-electron chi connectivity index (χ2n) is 5.01. The number of rotatable bonds is 5. The Morgan fingerprint density at radius 1 is 1.42 bits per heavy atom. The van der Waals surface area contributed by atoms with Crippen LogP contribution in [0.3, 0.4) is 0 Å². The highest BCUT2D eigenvalue weighted by molar-refractivity contribution is 6.00. The zero-order valence-corrected chi connectivity index (χ0v) is 11.8. The van der Waals surface area contributed by atoms with E-state index in [4.69, 9.17) is 9.47 Å². The van der Waals surface area contributed by atoms with Gasteiger partial charge < -0.3 is 9.47 Å². The van der Waals surface area contributed by atoms with Gasteiger partial charge in [0.05, 0.1) is 25.3 Å². The van der Waals surface area contributed by atoms with Crippen molar-refractivity contribution >= 4 is 5.78 Å². The van der Waals surface area contributed by atoms with Crippen molar-refractivity contribution in [1.82, 2.24) is 4.90 Å². The van der Waals surface area contributed by atoms with E-state index in [0.717, 1.165) is 25.1 Å². The van der Waals surface area contributed by atoms with E-state index in [1.807, 2.05) is 25.1 Å². The lowest BCUT2D eigenvalue weighted by Gasteiger charge is -2.16. The maximum Gasteiger partial charge on any atom is 0.180 e. The van der Waals surface area contributed by atoms with Crippen molar-refractivity contribution in [3.8, 4) is 5.75 Å². The molecule has 1 aromatic carbocycles. The standard InChI is InChI=1S/C15H21NO3/c1-11-4-5-13(15(8-11)19-3)14(17)10-16-7-6-12(9-16)18-2/h4-5,8,12H,6-7,9-10H2,1-3H3. The Labute approximate surface area is 114 Å². The van der Waals surface area contributed by atoms with Crippen molar-refractivity contribution < 1.29 is 14.3 Å². The Morgan fingerprint density at radius 3 is 2.84 bits per heavy atom. The van der Waals surface area contributed by atoms with Crippen LogP contribution in [0.5, 0.6) is 5.75 Å². The molecule has 1 saturated heterocycles. The van der Waals surface area contributed by atoms with E-state index in [9.17, 15) is 4.79 Å². The first kappa shape index (κ1) is 14.0. The lowest BCUT2D eigenvalue weighted by molar-refractivity contribution is 0.0896. The molecule has 0 aromatic heterocycles. The SMILES string of the molecule is COc1cc(C)ccc1C(=O)CN1CCC(OC)C1. The highest BCUT2D eigenvalue weighted by atomic mass is 16.5. The van der Waals surface area contributed by atoms with Crippen LogP contribution in [0, 0.1) is 6.92 Å².